The van der Waals surface area contributed by atoms with Gasteiger partial charge in [-0.2, -0.15) is 0 Å². The molecule has 0 aliphatic carbocycles. The van der Waals surface area contributed by atoms with E-state index in [2.05, 4.69) is 11.1 Å². The third-order valence-electron chi connectivity index (χ3n) is 4.46. The number of carbonyl (C=O) groups excluding carboxylic acids is 1. The molecule has 2 aromatic carbocycles. The van der Waals surface area contributed by atoms with Crippen LogP contribution >= 0.6 is 0 Å². The van der Waals surface area contributed by atoms with Gasteiger partial charge in [-0.25, -0.2) is 0 Å². The molecule has 140 valence electrons. The molecule has 0 saturated carbocycles. The van der Waals surface area contributed by atoms with Gasteiger partial charge in [-0.3, -0.25) is 9.78 Å². The monoisotopic (exact) mass is 372 g/mol. The van der Waals surface area contributed by atoms with Gasteiger partial charge in [-0.05, 0) is 46.7 Å². The summed E-state index contributed by atoms with van der Waals surface area (Å²) < 4.78 is 11.5. The average molecular weight is 372 g/mol. The standard InChI is InChI=1S/C23H20N2O3/c1-25(15-17-5-4-12-24-14-17)23(26)22-11-10-21(28-22)16-27-20-9-8-18-6-2-3-7-19(18)13-20/h2-14H,15-16H2,1H3. The van der Waals surface area contributed by atoms with E-state index >= 15 is 0 Å². The Labute approximate surface area is 163 Å². The minimum Gasteiger partial charge on any atom is -0.486 e. The molecule has 0 aliphatic heterocycles. The van der Waals surface area contributed by atoms with Crippen molar-refractivity contribution in [3.05, 3.63) is 96.2 Å². The molecule has 0 fully saturated rings. The predicted octanol–water partition coefficient (Wildman–Crippen LogP) is 4.68. The quantitative estimate of drug-likeness (QED) is 0.493. The number of pyridine rings is 1. The molecule has 5 nitrogen and oxygen atoms in total. The molecule has 0 bridgehead atoms. The molecule has 0 unspecified atom stereocenters. The maximum absolute atomic E-state index is 12.6. The van der Waals surface area contributed by atoms with Crippen LogP contribution < -0.4 is 4.74 Å². The average Bonchev–Trinajstić information content (AvgIpc) is 3.21. The summed E-state index contributed by atoms with van der Waals surface area (Å²) >= 11 is 0. The Morgan fingerprint density at radius 3 is 2.71 bits per heavy atom. The highest BCUT2D eigenvalue weighted by atomic mass is 16.5. The lowest BCUT2D eigenvalue weighted by Gasteiger charge is -2.15. The molecular weight excluding hydrogens is 352 g/mol. The van der Waals surface area contributed by atoms with E-state index in [1.54, 1.807) is 36.5 Å². The fraction of sp³-hybridized carbons (Fsp3) is 0.130. The van der Waals surface area contributed by atoms with E-state index in [0.717, 1.165) is 22.1 Å². The third kappa shape index (κ3) is 4.04. The maximum Gasteiger partial charge on any atom is 0.289 e. The maximum atomic E-state index is 12.6. The van der Waals surface area contributed by atoms with Gasteiger partial charge in [0, 0.05) is 26.0 Å². The lowest BCUT2D eigenvalue weighted by molar-refractivity contribution is 0.0749. The van der Waals surface area contributed by atoms with Gasteiger partial charge in [0.2, 0.25) is 0 Å². The molecule has 4 rings (SSSR count). The van der Waals surface area contributed by atoms with E-state index in [1.807, 2.05) is 48.5 Å². The largest absolute Gasteiger partial charge is 0.486 e. The number of fused-ring (bicyclic) bond motifs is 1. The molecule has 0 N–H and O–H groups in total. The van der Waals surface area contributed by atoms with Gasteiger partial charge in [-0.1, -0.05) is 36.4 Å². The van der Waals surface area contributed by atoms with Crippen LogP contribution in [0.25, 0.3) is 10.8 Å². The van der Waals surface area contributed by atoms with E-state index < -0.39 is 0 Å². The van der Waals surface area contributed by atoms with Crippen LogP contribution in [-0.2, 0) is 13.2 Å². The molecule has 0 spiro atoms. The summed E-state index contributed by atoms with van der Waals surface area (Å²) in [6, 6.07) is 21.3. The number of hydrogen-bond acceptors (Lipinski definition) is 4. The van der Waals surface area contributed by atoms with E-state index in [1.165, 1.54) is 0 Å². The van der Waals surface area contributed by atoms with Crippen molar-refractivity contribution in [3.8, 4) is 5.75 Å². The van der Waals surface area contributed by atoms with Gasteiger partial charge in [-0.15, -0.1) is 0 Å². The molecule has 0 radical (unpaired) electrons. The van der Waals surface area contributed by atoms with Gasteiger partial charge in [0.15, 0.2) is 5.76 Å². The summed E-state index contributed by atoms with van der Waals surface area (Å²) in [5, 5.41) is 2.28. The van der Waals surface area contributed by atoms with Crippen molar-refractivity contribution in [1.29, 1.82) is 0 Å². The topological polar surface area (TPSA) is 55.6 Å². The van der Waals surface area contributed by atoms with E-state index in [4.69, 9.17) is 9.15 Å². The zero-order chi connectivity index (χ0) is 19.3. The van der Waals surface area contributed by atoms with Crippen molar-refractivity contribution in [2.75, 3.05) is 7.05 Å². The zero-order valence-corrected chi connectivity index (χ0v) is 15.5. The molecular formula is C23H20N2O3. The van der Waals surface area contributed by atoms with Gasteiger partial charge < -0.3 is 14.1 Å². The number of aromatic nitrogens is 1. The summed E-state index contributed by atoms with van der Waals surface area (Å²) in [5.41, 5.74) is 0.963. The number of furan rings is 1. The molecule has 0 saturated heterocycles. The highest BCUT2D eigenvalue weighted by Gasteiger charge is 2.16. The minimum absolute atomic E-state index is 0.180. The predicted molar refractivity (Wildman–Crippen MR) is 107 cm³/mol. The van der Waals surface area contributed by atoms with Crippen molar-refractivity contribution >= 4 is 16.7 Å². The number of ether oxygens (including phenoxy) is 1. The first kappa shape index (κ1) is 17.8. The van der Waals surface area contributed by atoms with Crippen LogP contribution in [0.15, 0.2) is 83.5 Å². The zero-order valence-electron chi connectivity index (χ0n) is 15.5. The van der Waals surface area contributed by atoms with Crippen molar-refractivity contribution in [3.63, 3.8) is 0 Å². The Hall–Kier alpha value is -3.60. The Morgan fingerprint density at radius 2 is 1.89 bits per heavy atom. The first-order valence-electron chi connectivity index (χ1n) is 9.04. The fourth-order valence-corrected chi connectivity index (χ4v) is 3.01. The van der Waals surface area contributed by atoms with Crippen molar-refractivity contribution in [2.45, 2.75) is 13.2 Å². The summed E-state index contributed by atoms with van der Waals surface area (Å²) in [7, 11) is 1.74. The summed E-state index contributed by atoms with van der Waals surface area (Å²) in [6.45, 7) is 0.730. The first-order chi connectivity index (χ1) is 13.7. The summed E-state index contributed by atoms with van der Waals surface area (Å²) in [6.07, 6.45) is 3.45. The van der Waals surface area contributed by atoms with Gasteiger partial charge >= 0.3 is 0 Å². The van der Waals surface area contributed by atoms with Crippen LogP contribution in [0.4, 0.5) is 0 Å². The van der Waals surface area contributed by atoms with Crippen molar-refractivity contribution < 1.29 is 13.9 Å². The number of benzene rings is 2. The molecule has 4 aromatic rings. The van der Waals surface area contributed by atoms with E-state index in [9.17, 15) is 4.79 Å². The summed E-state index contributed by atoms with van der Waals surface area (Å²) in [5.74, 6) is 1.48. The van der Waals surface area contributed by atoms with Crippen LogP contribution in [0.2, 0.25) is 0 Å². The van der Waals surface area contributed by atoms with Crippen molar-refractivity contribution in [2.24, 2.45) is 0 Å². The number of nitrogens with zero attached hydrogens (tertiary/aromatic N) is 2. The molecule has 0 atom stereocenters. The van der Waals surface area contributed by atoms with Crippen LogP contribution in [0.5, 0.6) is 5.75 Å². The minimum atomic E-state index is -0.180. The van der Waals surface area contributed by atoms with Gasteiger partial charge in [0.1, 0.15) is 18.1 Å². The number of carbonyl (C=O) groups is 1. The van der Waals surface area contributed by atoms with Crippen LogP contribution in [0.3, 0.4) is 0 Å². The number of rotatable bonds is 6. The Morgan fingerprint density at radius 1 is 1.04 bits per heavy atom. The Bertz CT molecular complexity index is 1090. The smallest absolute Gasteiger partial charge is 0.289 e. The molecule has 5 heteroatoms. The first-order valence-corrected chi connectivity index (χ1v) is 9.04. The highest BCUT2D eigenvalue weighted by Crippen LogP contribution is 2.22. The number of amides is 1. The van der Waals surface area contributed by atoms with Crippen LogP contribution in [0.1, 0.15) is 21.9 Å². The second kappa shape index (κ2) is 7.96. The SMILES string of the molecule is CN(Cc1cccnc1)C(=O)c1ccc(COc2ccc3ccccc3c2)o1. The molecule has 1 amide bonds. The highest BCUT2D eigenvalue weighted by molar-refractivity contribution is 5.91. The normalized spacial score (nSPS) is 10.8. The fourth-order valence-electron chi connectivity index (χ4n) is 3.01. The molecule has 28 heavy (non-hydrogen) atoms. The third-order valence-corrected chi connectivity index (χ3v) is 4.46. The lowest BCUT2D eigenvalue weighted by Crippen LogP contribution is -2.25. The van der Waals surface area contributed by atoms with Crippen LogP contribution in [0, 0.1) is 0 Å². The van der Waals surface area contributed by atoms with E-state index in [0.29, 0.717) is 18.1 Å². The van der Waals surface area contributed by atoms with Gasteiger partial charge in [0.25, 0.3) is 5.91 Å². The molecule has 2 aromatic heterocycles. The molecule has 2 heterocycles. The Balaban J connectivity index is 1.38. The number of hydrogen-bond donors (Lipinski definition) is 0. The Kier molecular flexibility index (Phi) is 5.06. The second-order valence-electron chi connectivity index (χ2n) is 6.59. The summed E-state index contributed by atoms with van der Waals surface area (Å²) in [4.78, 5) is 18.2. The van der Waals surface area contributed by atoms with Crippen LogP contribution in [-0.4, -0.2) is 22.8 Å². The van der Waals surface area contributed by atoms with Gasteiger partial charge in [0.05, 0.1) is 0 Å². The van der Waals surface area contributed by atoms with E-state index in [-0.39, 0.29) is 12.5 Å². The molecule has 0 aliphatic rings. The lowest BCUT2D eigenvalue weighted by atomic mass is 10.1. The second-order valence-corrected chi connectivity index (χ2v) is 6.59. The van der Waals surface area contributed by atoms with Crippen molar-refractivity contribution in [1.82, 2.24) is 9.88 Å².